The van der Waals surface area contributed by atoms with Gasteiger partial charge in [0.15, 0.2) is 0 Å². The minimum Gasteiger partial charge on any atom is -0.310 e. The normalized spacial score (nSPS) is 20.2. The molecule has 0 bridgehead atoms. The third-order valence-corrected chi connectivity index (χ3v) is 2.81. The van der Waals surface area contributed by atoms with Gasteiger partial charge in [0.25, 0.3) is 0 Å². The van der Waals surface area contributed by atoms with Gasteiger partial charge in [-0.3, -0.25) is 0 Å². The first kappa shape index (κ1) is 15.7. The first-order valence-electron chi connectivity index (χ1n) is 6.69. The second-order valence-corrected chi connectivity index (χ2v) is 4.86. The highest BCUT2D eigenvalue weighted by molar-refractivity contribution is 5.10. The third-order valence-electron chi connectivity index (χ3n) is 2.81. The Bertz CT molecular complexity index is 187. The summed E-state index contributed by atoms with van der Waals surface area (Å²) in [6, 6.07) is 0.574. The standard InChI is InChI=1S/C12H24N2.C2H6/c1-10(2)9-14(4)8-6-12-11(3)5-7-13-12;1-2/h10,12-13H,3,5-9H2,1-2,4H3;1-2H3. The molecule has 0 aliphatic carbocycles. The molecular formula is C14H30N2. The van der Waals surface area contributed by atoms with E-state index in [1.807, 2.05) is 13.8 Å². The average molecular weight is 226 g/mol. The van der Waals surface area contributed by atoms with Gasteiger partial charge in [-0.15, -0.1) is 0 Å². The van der Waals surface area contributed by atoms with Crippen LogP contribution in [-0.4, -0.2) is 37.6 Å². The first-order chi connectivity index (χ1) is 7.59. The molecule has 1 aliphatic heterocycles. The fraction of sp³-hybridized carbons (Fsp3) is 0.857. The van der Waals surface area contributed by atoms with E-state index in [4.69, 9.17) is 0 Å². The molecule has 0 aromatic heterocycles. The average Bonchev–Trinajstić information content (AvgIpc) is 2.63. The largest absolute Gasteiger partial charge is 0.310 e. The Morgan fingerprint density at radius 2 is 2.06 bits per heavy atom. The summed E-state index contributed by atoms with van der Waals surface area (Å²) in [6.45, 7) is 16.1. The van der Waals surface area contributed by atoms with E-state index >= 15 is 0 Å². The van der Waals surface area contributed by atoms with E-state index in [-0.39, 0.29) is 0 Å². The van der Waals surface area contributed by atoms with Crippen LogP contribution in [0.5, 0.6) is 0 Å². The van der Waals surface area contributed by atoms with Crippen LogP contribution >= 0.6 is 0 Å². The van der Waals surface area contributed by atoms with Crippen molar-refractivity contribution < 1.29 is 0 Å². The van der Waals surface area contributed by atoms with E-state index in [1.165, 1.54) is 31.5 Å². The van der Waals surface area contributed by atoms with Crippen LogP contribution in [0.2, 0.25) is 0 Å². The highest BCUT2D eigenvalue weighted by Gasteiger charge is 2.18. The molecule has 0 aromatic carbocycles. The topological polar surface area (TPSA) is 15.3 Å². The monoisotopic (exact) mass is 226 g/mol. The predicted molar refractivity (Wildman–Crippen MR) is 73.8 cm³/mol. The highest BCUT2D eigenvalue weighted by atomic mass is 15.1. The van der Waals surface area contributed by atoms with Gasteiger partial charge in [0.2, 0.25) is 0 Å². The molecule has 1 saturated heterocycles. The minimum absolute atomic E-state index is 0.574. The lowest BCUT2D eigenvalue weighted by Crippen LogP contribution is -2.31. The summed E-state index contributed by atoms with van der Waals surface area (Å²) in [5, 5.41) is 3.49. The summed E-state index contributed by atoms with van der Waals surface area (Å²) in [6.07, 6.45) is 2.38. The number of nitrogens with one attached hydrogen (secondary N) is 1. The van der Waals surface area contributed by atoms with Crippen LogP contribution in [0.25, 0.3) is 0 Å². The van der Waals surface area contributed by atoms with Crippen molar-refractivity contribution in [2.75, 3.05) is 26.7 Å². The molecule has 0 aromatic rings. The van der Waals surface area contributed by atoms with Crippen molar-refractivity contribution in [1.82, 2.24) is 10.2 Å². The smallest absolute Gasteiger partial charge is 0.0289 e. The predicted octanol–water partition coefficient (Wildman–Crippen LogP) is 2.91. The molecule has 1 fully saturated rings. The maximum atomic E-state index is 4.09. The zero-order valence-corrected chi connectivity index (χ0v) is 11.8. The lowest BCUT2D eigenvalue weighted by molar-refractivity contribution is 0.285. The molecule has 0 spiro atoms. The van der Waals surface area contributed by atoms with E-state index < -0.39 is 0 Å². The van der Waals surface area contributed by atoms with Crippen molar-refractivity contribution in [2.24, 2.45) is 5.92 Å². The summed E-state index contributed by atoms with van der Waals surface area (Å²) >= 11 is 0. The molecule has 16 heavy (non-hydrogen) atoms. The van der Waals surface area contributed by atoms with Gasteiger partial charge in [-0.25, -0.2) is 0 Å². The maximum Gasteiger partial charge on any atom is 0.0289 e. The fourth-order valence-electron chi connectivity index (χ4n) is 2.10. The number of hydrogen-bond acceptors (Lipinski definition) is 2. The van der Waals surface area contributed by atoms with Gasteiger partial charge < -0.3 is 10.2 Å². The Labute approximate surface area is 102 Å². The Balaban J connectivity index is 0.00000106. The lowest BCUT2D eigenvalue weighted by atomic mass is 10.1. The van der Waals surface area contributed by atoms with Gasteiger partial charge in [0.1, 0.15) is 0 Å². The summed E-state index contributed by atoms with van der Waals surface area (Å²) in [5.41, 5.74) is 1.39. The Kier molecular flexibility index (Phi) is 8.58. The zero-order chi connectivity index (χ0) is 12.6. The molecule has 96 valence electrons. The minimum atomic E-state index is 0.574. The second-order valence-electron chi connectivity index (χ2n) is 4.86. The van der Waals surface area contributed by atoms with Crippen LogP contribution in [0.3, 0.4) is 0 Å². The van der Waals surface area contributed by atoms with Crippen molar-refractivity contribution in [2.45, 2.75) is 46.6 Å². The molecular weight excluding hydrogens is 196 g/mol. The van der Waals surface area contributed by atoms with Crippen LogP contribution in [0.15, 0.2) is 12.2 Å². The molecule has 1 N–H and O–H groups in total. The SMILES string of the molecule is C=C1CCNC1CCN(C)CC(C)C.CC. The number of nitrogens with zero attached hydrogens (tertiary/aromatic N) is 1. The summed E-state index contributed by atoms with van der Waals surface area (Å²) < 4.78 is 0. The van der Waals surface area contributed by atoms with E-state index in [2.05, 4.69) is 37.7 Å². The van der Waals surface area contributed by atoms with Crippen molar-refractivity contribution in [1.29, 1.82) is 0 Å². The van der Waals surface area contributed by atoms with Crippen LogP contribution in [0.4, 0.5) is 0 Å². The van der Waals surface area contributed by atoms with E-state index in [1.54, 1.807) is 0 Å². The van der Waals surface area contributed by atoms with E-state index in [9.17, 15) is 0 Å². The number of rotatable bonds is 5. The molecule has 1 unspecified atom stereocenters. The van der Waals surface area contributed by atoms with Crippen LogP contribution in [0.1, 0.15) is 40.5 Å². The summed E-state index contributed by atoms with van der Waals surface area (Å²) in [7, 11) is 2.21. The van der Waals surface area contributed by atoms with Crippen molar-refractivity contribution >= 4 is 0 Å². The summed E-state index contributed by atoms with van der Waals surface area (Å²) in [4.78, 5) is 2.41. The fourth-order valence-corrected chi connectivity index (χ4v) is 2.10. The van der Waals surface area contributed by atoms with Gasteiger partial charge in [-0.1, -0.05) is 39.8 Å². The third kappa shape index (κ3) is 6.29. The van der Waals surface area contributed by atoms with Crippen molar-refractivity contribution in [3.05, 3.63) is 12.2 Å². The van der Waals surface area contributed by atoms with Crippen molar-refractivity contribution in [3.8, 4) is 0 Å². The molecule has 1 rings (SSSR count). The van der Waals surface area contributed by atoms with Gasteiger partial charge in [-0.05, 0) is 38.9 Å². The van der Waals surface area contributed by atoms with Gasteiger partial charge in [0.05, 0.1) is 0 Å². The first-order valence-corrected chi connectivity index (χ1v) is 6.69. The molecule has 0 saturated carbocycles. The summed E-state index contributed by atoms with van der Waals surface area (Å²) in [5.74, 6) is 0.764. The van der Waals surface area contributed by atoms with Crippen LogP contribution < -0.4 is 5.32 Å². The zero-order valence-electron chi connectivity index (χ0n) is 11.8. The molecule has 2 heteroatoms. The lowest BCUT2D eigenvalue weighted by Gasteiger charge is -2.21. The quantitative estimate of drug-likeness (QED) is 0.725. The Morgan fingerprint density at radius 3 is 2.50 bits per heavy atom. The molecule has 1 heterocycles. The molecule has 0 radical (unpaired) electrons. The van der Waals surface area contributed by atoms with Crippen molar-refractivity contribution in [3.63, 3.8) is 0 Å². The second kappa shape index (κ2) is 8.77. The molecule has 1 aliphatic rings. The van der Waals surface area contributed by atoms with E-state index in [0.29, 0.717) is 6.04 Å². The van der Waals surface area contributed by atoms with Gasteiger partial charge in [-0.2, -0.15) is 0 Å². The Hall–Kier alpha value is -0.340. The highest BCUT2D eigenvalue weighted by Crippen LogP contribution is 2.15. The van der Waals surface area contributed by atoms with Crippen LogP contribution in [0, 0.1) is 5.92 Å². The molecule has 0 amide bonds. The Morgan fingerprint density at radius 1 is 1.44 bits per heavy atom. The van der Waals surface area contributed by atoms with E-state index in [0.717, 1.165) is 12.5 Å². The number of hydrogen-bond donors (Lipinski definition) is 1. The van der Waals surface area contributed by atoms with Gasteiger partial charge in [0, 0.05) is 12.6 Å². The van der Waals surface area contributed by atoms with Crippen LogP contribution in [-0.2, 0) is 0 Å². The maximum absolute atomic E-state index is 4.09. The molecule has 1 atom stereocenters. The molecule has 2 nitrogen and oxygen atoms in total. The van der Waals surface area contributed by atoms with Gasteiger partial charge >= 0.3 is 0 Å².